The first kappa shape index (κ1) is 19.4. The fourth-order valence-corrected chi connectivity index (χ4v) is 3.35. The maximum atomic E-state index is 12.7. The molecule has 1 amide bonds. The zero-order valence-corrected chi connectivity index (χ0v) is 15.2. The number of carbonyl (C=O) groups is 2. The third-order valence-corrected chi connectivity index (χ3v) is 4.76. The molecule has 4 atom stereocenters. The summed E-state index contributed by atoms with van der Waals surface area (Å²) in [6, 6.07) is 9.02. The minimum atomic E-state index is -0.712. The highest BCUT2D eigenvalue weighted by molar-refractivity contribution is 5.86. The highest BCUT2D eigenvalue weighted by Gasteiger charge is 2.34. The van der Waals surface area contributed by atoms with Gasteiger partial charge in [0.05, 0.1) is 19.1 Å². The van der Waals surface area contributed by atoms with E-state index in [1.807, 2.05) is 37.3 Å². The predicted octanol–water partition coefficient (Wildman–Crippen LogP) is 1.29. The van der Waals surface area contributed by atoms with Crippen LogP contribution < -0.4 is 10.6 Å². The van der Waals surface area contributed by atoms with Gasteiger partial charge in [0.15, 0.2) is 0 Å². The topological polar surface area (TPSA) is 76.7 Å². The molecule has 2 rings (SSSR count). The molecule has 138 valence electrons. The molecule has 0 radical (unpaired) electrons. The Kier molecular flexibility index (Phi) is 7.40. The molecule has 0 spiro atoms. The fraction of sp³-hybridized carbons (Fsp3) is 0.579. The molecule has 1 heterocycles. The summed E-state index contributed by atoms with van der Waals surface area (Å²) in [5, 5.41) is 6.21. The molecule has 6 nitrogen and oxygen atoms in total. The number of nitrogens with one attached hydrogen (secondary N) is 2. The third-order valence-electron chi connectivity index (χ3n) is 4.76. The van der Waals surface area contributed by atoms with Gasteiger partial charge in [-0.05, 0) is 24.9 Å². The molecule has 0 aliphatic carbocycles. The summed E-state index contributed by atoms with van der Waals surface area (Å²) < 4.78 is 10.4. The summed E-state index contributed by atoms with van der Waals surface area (Å²) in [6.07, 6.45) is 2.24. The van der Waals surface area contributed by atoms with Crippen molar-refractivity contribution in [3.63, 3.8) is 0 Å². The highest BCUT2D eigenvalue weighted by Crippen LogP contribution is 2.19. The molecule has 3 unspecified atom stereocenters. The van der Waals surface area contributed by atoms with Crippen molar-refractivity contribution in [3.05, 3.63) is 35.9 Å². The lowest BCUT2D eigenvalue weighted by molar-refractivity contribution is -0.146. The van der Waals surface area contributed by atoms with E-state index >= 15 is 0 Å². The van der Waals surface area contributed by atoms with Crippen LogP contribution in [0, 0.1) is 5.92 Å². The number of esters is 1. The maximum absolute atomic E-state index is 12.7. The van der Waals surface area contributed by atoms with E-state index in [4.69, 9.17) is 9.47 Å². The van der Waals surface area contributed by atoms with Crippen LogP contribution in [0.3, 0.4) is 0 Å². The van der Waals surface area contributed by atoms with Crippen LogP contribution in [0.5, 0.6) is 0 Å². The molecule has 1 fully saturated rings. The van der Waals surface area contributed by atoms with Crippen molar-refractivity contribution >= 4 is 11.9 Å². The number of amides is 1. The number of hydrogen-bond donors (Lipinski definition) is 2. The van der Waals surface area contributed by atoms with Crippen LogP contribution in [0.2, 0.25) is 0 Å². The van der Waals surface area contributed by atoms with Crippen LogP contribution in [0.1, 0.15) is 25.3 Å². The zero-order valence-electron chi connectivity index (χ0n) is 15.2. The molecule has 25 heavy (non-hydrogen) atoms. The fourth-order valence-electron chi connectivity index (χ4n) is 3.35. The Morgan fingerprint density at radius 1 is 1.28 bits per heavy atom. The van der Waals surface area contributed by atoms with E-state index in [1.165, 1.54) is 7.11 Å². The molecule has 0 aromatic heterocycles. The Bertz CT molecular complexity index is 558. The van der Waals surface area contributed by atoms with Crippen molar-refractivity contribution < 1.29 is 19.1 Å². The Morgan fingerprint density at radius 2 is 2.00 bits per heavy atom. The molecule has 6 heteroatoms. The van der Waals surface area contributed by atoms with E-state index in [-0.39, 0.29) is 24.0 Å². The smallest absolute Gasteiger partial charge is 0.328 e. The van der Waals surface area contributed by atoms with Crippen molar-refractivity contribution in [1.29, 1.82) is 0 Å². The van der Waals surface area contributed by atoms with Gasteiger partial charge >= 0.3 is 5.97 Å². The Labute approximate surface area is 149 Å². The Hall–Kier alpha value is -1.92. The SMILES string of the molecule is COC(=O)C(Cc1ccccc1)NC(=O)C(C)[C@@H](OC)C1CCCN1. The van der Waals surface area contributed by atoms with Gasteiger partial charge in [-0.25, -0.2) is 4.79 Å². The molecule has 0 saturated carbocycles. The van der Waals surface area contributed by atoms with Gasteiger partial charge in [0, 0.05) is 19.6 Å². The monoisotopic (exact) mass is 348 g/mol. The van der Waals surface area contributed by atoms with Crippen LogP contribution in [0.4, 0.5) is 0 Å². The van der Waals surface area contributed by atoms with E-state index in [0.29, 0.717) is 6.42 Å². The average molecular weight is 348 g/mol. The molecule has 0 bridgehead atoms. The molecule has 1 aliphatic heterocycles. The number of ether oxygens (including phenoxy) is 2. The second-order valence-electron chi connectivity index (χ2n) is 6.47. The third kappa shape index (κ3) is 5.28. The largest absolute Gasteiger partial charge is 0.467 e. The summed E-state index contributed by atoms with van der Waals surface area (Å²) in [5.74, 6) is -1.02. The summed E-state index contributed by atoms with van der Waals surface area (Å²) in [4.78, 5) is 24.8. The van der Waals surface area contributed by atoms with Gasteiger partial charge in [-0.3, -0.25) is 4.79 Å². The van der Waals surface area contributed by atoms with E-state index in [0.717, 1.165) is 24.9 Å². The van der Waals surface area contributed by atoms with Crippen molar-refractivity contribution in [2.75, 3.05) is 20.8 Å². The molecular weight excluding hydrogens is 320 g/mol. The lowest BCUT2D eigenvalue weighted by Gasteiger charge is -2.28. The lowest BCUT2D eigenvalue weighted by Crippen LogP contribution is -2.50. The second-order valence-corrected chi connectivity index (χ2v) is 6.47. The van der Waals surface area contributed by atoms with Gasteiger partial charge in [-0.1, -0.05) is 37.3 Å². The van der Waals surface area contributed by atoms with Crippen LogP contribution >= 0.6 is 0 Å². The average Bonchev–Trinajstić information content (AvgIpc) is 3.16. The molecule has 1 saturated heterocycles. The van der Waals surface area contributed by atoms with Gasteiger partial charge in [0.2, 0.25) is 5.91 Å². The first-order valence-corrected chi connectivity index (χ1v) is 8.75. The zero-order chi connectivity index (χ0) is 18.2. The first-order valence-electron chi connectivity index (χ1n) is 8.75. The van der Waals surface area contributed by atoms with Crippen LogP contribution in [0.15, 0.2) is 30.3 Å². The predicted molar refractivity (Wildman–Crippen MR) is 95.1 cm³/mol. The van der Waals surface area contributed by atoms with Gasteiger partial charge < -0.3 is 20.1 Å². The van der Waals surface area contributed by atoms with E-state index in [2.05, 4.69) is 10.6 Å². The molecule has 1 aromatic carbocycles. The summed E-state index contributed by atoms with van der Waals surface area (Å²) in [6.45, 7) is 2.78. The van der Waals surface area contributed by atoms with Gasteiger partial charge in [0.1, 0.15) is 6.04 Å². The number of benzene rings is 1. The van der Waals surface area contributed by atoms with Crippen molar-refractivity contribution in [2.45, 2.75) is 44.4 Å². The van der Waals surface area contributed by atoms with E-state index in [9.17, 15) is 9.59 Å². The molecule has 2 N–H and O–H groups in total. The number of hydrogen-bond acceptors (Lipinski definition) is 5. The lowest BCUT2D eigenvalue weighted by atomic mass is 9.95. The summed E-state index contributed by atoms with van der Waals surface area (Å²) in [5.41, 5.74) is 0.964. The second kappa shape index (κ2) is 9.53. The number of methoxy groups -OCH3 is 2. The van der Waals surface area contributed by atoms with Crippen LogP contribution in [-0.2, 0) is 25.5 Å². The standard InChI is InChI=1S/C19H28N2O4/c1-13(17(24-2)15-10-7-11-20-15)18(22)21-16(19(23)25-3)12-14-8-5-4-6-9-14/h4-6,8-9,13,15-17,20H,7,10-12H2,1-3H3,(H,21,22)/t13?,15?,16?,17-/m1/s1. The molecule has 1 aliphatic rings. The quantitative estimate of drug-likeness (QED) is 0.693. The highest BCUT2D eigenvalue weighted by atomic mass is 16.5. The van der Waals surface area contributed by atoms with Gasteiger partial charge in [-0.15, -0.1) is 0 Å². The summed E-state index contributed by atoms with van der Waals surface area (Å²) in [7, 11) is 2.95. The van der Waals surface area contributed by atoms with E-state index in [1.54, 1.807) is 7.11 Å². The minimum Gasteiger partial charge on any atom is -0.467 e. The Balaban J connectivity index is 2.03. The van der Waals surface area contributed by atoms with E-state index < -0.39 is 12.0 Å². The van der Waals surface area contributed by atoms with Crippen LogP contribution in [-0.4, -0.2) is 50.8 Å². The number of carbonyl (C=O) groups excluding carboxylic acids is 2. The van der Waals surface area contributed by atoms with Crippen molar-refractivity contribution in [1.82, 2.24) is 10.6 Å². The minimum absolute atomic E-state index is 0.163. The number of rotatable bonds is 8. The normalized spacial score (nSPS) is 20.5. The van der Waals surface area contributed by atoms with Crippen molar-refractivity contribution in [2.24, 2.45) is 5.92 Å². The first-order chi connectivity index (χ1) is 12.1. The van der Waals surface area contributed by atoms with Gasteiger partial charge in [0.25, 0.3) is 0 Å². The Morgan fingerprint density at radius 3 is 2.56 bits per heavy atom. The van der Waals surface area contributed by atoms with Crippen molar-refractivity contribution in [3.8, 4) is 0 Å². The van der Waals surface area contributed by atoms with Gasteiger partial charge in [-0.2, -0.15) is 0 Å². The summed E-state index contributed by atoms with van der Waals surface area (Å²) >= 11 is 0. The molecule has 1 aromatic rings. The molecular formula is C19H28N2O4. The van der Waals surface area contributed by atoms with Crippen LogP contribution in [0.25, 0.3) is 0 Å². The maximum Gasteiger partial charge on any atom is 0.328 e.